The summed E-state index contributed by atoms with van der Waals surface area (Å²) in [5.41, 5.74) is -1.64. The lowest BCUT2D eigenvalue weighted by molar-refractivity contribution is -0.141. The molecule has 0 spiro atoms. The summed E-state index contributed by atoms with van der Waals surface area (Å²) in [4.78, 5) is 13.8. The van der Waals surface area contributed by atoms with Crippen molar-refractivity contribution in [3.8, 4) is 0 Å². The Balaban J connectivity index is 2.42. The van der Waals surface area contributed by atoms with Gasteiger partial charge in [0.05, 0.1) is 17.4 Å². The highest BCUT2D eigenvalue weighted by molar-refractivity contribution is 7.91. The van der Waals surface area contributed by atoms with Gasteiger partial charge in [-0.1, -0.05) is 0 Å². The molecule has 1 fully saturated rings. The van der Waals surface area contributed by atoms with Crippen LogP contribution >= 0.6 is 0 Å². The molecule has 0 amide bonds. The lowest BCUT2D eigenvalue weighted by Gasteiger charge is -2.01. The van der Waals surface area contributed by atoms with Gasteiger partial charge < -0.3 is 9.52 Å². The Morgan fingerprint density at radius 2 is 2.05 bits per heavy atom. The number of aromatic carboxylic acids is 1. The molecule has 0 saturated carbocycles. The van der Waals surface area contributed by atoms with Crippen LogP contribution in [-0.2, 0) is 16.0 Å². The molecule has 19 heavy (non-hydrogen) atoms. The second-order valence-corrected chi connectivity index (χ2v) is 6.36. The summed E-state index contributed by atoms with van der Waals surface area (Å²) >= 11 is 0. The van der Waals surface area contributed by atoms with Crippen molar-refractivity contribution < 1.29 is 35.9 Å². The summed E-state index contributed by atoms with van der Waals surface area (Å²) in [7, 11) is -3.33. The van der Waals surface area contributed by atoms with Crippen molar-refractivity contribution in [2.75, 3.05) is 11.5 Å². The molecule has 0 aliphatic carbocycles. The van der Waals surface area contributed by atoms with Gasteiger partial charge in [-0.05, 0) is 6.42 Å². The monoisotopic (exact) mass is 299 g/mol. The largest absolute Gasteiger partial charge is 0.475 e. The normalized spacial score (nSPS) is 22.6. The summed E-state index contributed by atoms with van der Waals surface area (Å²) in [5, 5.41) is 8.64. The Kier molecular flexibility index (Phi) is 3.07. The maximum absolute atomic E-state index is 12.6. The highest BCUT2D eigenvalue weighted by Crippen LogP contribution is 2.36. The van der Waals surface area contributed by atoms with Crippen molar-refractivity contribution in [3.05, 3.63) is 17.3 Å². The van der Waals surface area contributed by atoms with Gasteiger partial charge in [0.25, 0.3) is 0 Å². The number of rotatable bonds is 2. The minimum atomic E-state index is -4.97. The smallest absolute Gasteiger partial charge is 0.437 e. The molecule has 1 aliphatic rings. The fourth-order valence-electron chi connectivity index (χ4n) is 1.84. The minimum absolute atomic E-state index is 0.0687. The molecule has 10 heteroatoms. The summed E-state index contributed by atoms with van der Waals surface area (Å²) < 4.78 is 64.7. The summed E-state index contributed by atoms with van der Waals surface area (Å²) in [6, 6.07) is 0. The lowest BCUT2D eigenvalue weighted by atomic mass is 10.1. The highest BCUT2D eigenvalue weighted by Gasteiger charge is 2.43. The second kappa shape index (κ2) is 4.22. The molecule has 0 radical (unpaired) electrons. The van der Waals surface area contributed by atoms with E-state index in [1.807, 2.05) is 0 Å². The van der Waals surface area contributed by atoms with Gasteiger partial charge in [-0.2, -0.15) is 13.2 Å². The van der Waals surface area contributed by atoms with E-state index >= 15 is 0 Å². The maximum Gasteiger partial charge on any atom is 0.437 e. The number of carbonyl (C=O) groups is 1. The van der Waals surface area contributed by atoms with E-state index in [2.05, 4.69) is 9.40 Å². The number of carboxylic acid groups (broad SMARTS) is 1. The van der Waals surface area contributed by atoms with Crippen LogP contribution < -0.4 is 0 Å². The molecule has 1 saturated heterocycles. The van der Waals surface area contributed by atoms with Crippen molar-refractivity contribution in [1.82, 2.24) is 4.98 Å². The van der Waals surface area contributed by atoms with E-state index in [1.165, 1.54) is 0 Å². The molecule has 1 unspecified atom stereocenters. The third-order valence-electron chi connectivity index (χ3n) is 2.69. The Morgan fingerprint density at radius 3 is 2.42 bits per heavy atom. The van der Waals surface area contributed by atoms with Crippen LogP contribution in [0.3, 0.4) is 0 Å². The zero-order chi connectivity index (χ0) is 14.4. The van der Waals surface area contributed by atoms with Crippen LogP contribution in [0.1, 0.15) is 34.5 Å². The first kappa shape index (κ1) is 13.8. The number of hydrogen-bond acceptors (Lipinski definition) is 5. The standard InChI is InChI=1S/C9H8F3NO5S/c10-9(11,12)6-5(8(14)15)18-7(13-6)4-1-2-19(16,17)3-4/h4H,1-3H2,(H,14,15). The Morgan fingerprint density at radius 1 is 1.42 bits per heavy atom. The Labute approximate surface area is 105 Å². The topological polar surface area (TPSA) is 97.5 Å². The number of sulfone groups is 1. The Hall–Kier alpha value is -1.58. The number of oxazole rings is 1. The van der Waals surface area contributed by atoms with Crippen LogP contribution in [0.4, 0.5) is 13.2 Å². The van der Waals surface area contributed by atoms with E-state index in [0.29, 0.717) is 0 Å². The average molecular weight is 299 g/mol. The van der Waals surface area contributed by atoms with Crippen LogP contribution in [0, 0.1) is 0 Å². The minimum Gasteiger partial charge on any atom is -0.475 e. The molecular weight excluding hydrogens is 291 g/mol. The summed E-state index contributed by atoms with van der Waals surface area (Å²) in [6.07, 6.45) is -4.90. The average Bonchev–Trinajstić information content (AvgIpc) is 2.79. The maximum atomic E-state index is 12.6. The summed E-state index contributed by atoms with van der Waals surface area (Å²) in [6.45, 7) is 0. The van der Waals surface area contributed by atoms with Crippen molar-refractivity contribution in [3.63, 3.8) is 0 Å². The molecule has 2 heterocycles. The van der Waals surface area contributed by atoms with E-state index in [4.69, 9.17) is 5.11 Å². The fourth-order valence-corrected chi connectivity index (χ4v) is 3.57. The SMILES string of the molecule is O=C(O)c1oc(C2CCS(=O)(=O)C2)nc1C(F)(F)F. The van der Waals surface area contributed by atoms with Gasteiger partial charge >= 0.3 is 12.1 Å². The summed E-state index contributed by atoms with van der Waals surface area (Å²) in [5.74, 6) is -5.10. The number of aromatic nitrogens is 1. The van der Waals surface area contributed by atoms with E-state index in [9.17, 15) is 26.4 Å². The molecule has 2 rings (SSSR count). The molecular formula is C9H8F3NO5S. The van der Waals surface area contributed by atoms with E-state index < -0.39 is 45.2 Å². The number of halogens is 3. The Bertz CT molecular complexity index is 618. The van der Waals surface area contributed by atoms with Crippen molar-refractivity contribution in [1.29, 1.82) is 0 Å². The van der Waals surface area contributed by atoms with Gasteiger partial charge in [-0.3, -0.25) is 0 Å². The fraction of sp³-hybridized carbons (Fsp3) is 0.556. The molecule has 1 aromatic rings. The molecule has 1 atom stereocenters. The molecule has 0 bridgehead atoms. The molecule has 1 aromatic heterocycles. The molecule has 6 nitrogen and oxygen atoms in total. The molecule has 1 aliphatic heterocycles. The van der Waals surface area contributed by atoms with Crippen LogP contribution in [0.25, 0.3) is 0 Å². The predicted octanol–water partition coefficient (Wildman–Crippen LogP) is 1.29. The zero-order valence-corrected chi connectivity index (χ0v) is 10.1. The first-order valence-electron chi connectivity index (χ1n) is 5.12. The van der Waals surface area contributed by atoms with E-state index in [0.717, 1.165) is 0 Å². The first-order valence-corrected chi connectivity index (χ1v) is 6.94. The van der Waals surface area contributed by atoms with Gasteiger partial charge in [-0.25, -0.2) is 18.2 Å². The van der Waals surface area contributed by atoms with Crippen molar-refractivity contribution in [2.45, 2.75) is 18.5 Å². The predicted molar refractivity (Wildman–Crippen MR) is 54.5 cm³/mol. The third-order valence-corrected chi connectivity index (χ3v) is 4.46. The van der Waals surface area contributed by atoms with Gasteiger partial charge in [0, 0.05) is 0 Å². The quantitative estimate of drug-likeness (QED) is 0.883. The van der Waals surface area contributed by atoms with Gasteiger partial charge in [-0.15, -0.1) is 0 Å². The molecule has 0 aromatic carbocycles. The van der Waals surface area contributed by atoms with Crippen LogP contribution in [-0.4, -0.2) is 36.0 Å². The van der Waals surface area contributed by atoms with E-state index in [1.54, 1.807) is 0 Å². The van der Waals surface area contributed by atoms with Crippen molar-refractivity contribution >= 4 is 15.8 Å². The molecule has 1 N–H and O–H groups in total. The number of hydrogen-bond donors (Lipinski definition) is 1. The zero-order valence-electron chi connectivity index (χ0n) is 9.27. The van der Waals surface area contributed by atoms with Gasteiger partial charge in [0.2, 0.25) is 5.76 Å². The van der Waals surface area contributed by atoms with Gasteiger partial charge in [0.15, 0.2) is 21.4 Å². The lowest BCUT2D eigenvalue weighted by Crippen LogP contribution is -2.12. The number of carboxylic acids is 1. The van der Waals surface area contributed by atoms with Crippen LogP contribution in [0.15, 0.2) is 4.42 Å². The highest BCUT2D eigenvalue weighted by atomic mass is 32.2. The first-order chi connectivity index (χ1) is 8.60. The molecule has 106 valence electrons. The number of alkyl halides is 3. The number of nitrogens with zero attached hydrogens (tertiary/aromatic N) is 1. The van der Waals surface area contributed by atoms with Gasteiger partial charge in [0.1, 0.15) is 0 Å². The van der Waals surface area contributed by atoms with Crippen LogP contribution in [0.2, 0.25) is 0 Å². The van der Waals surface area contributed by atoms with E-state index in [-0.39, 0.29) is 17.9 Å². The van der Waals surface area contributed by atoms with Crippen LogP contribution in [0.5, 0.6) is 0 Å². The van der Waals surface area contributed by atoms with Crippen molar-refractivity contribution in [2.24, 2.45) is 0 Å². The third kappa shape index (κ3) is 2.72. The second-order valence-electron chi connectivity index (χ2n) is 4.13.